The molecule has 78 heavy (non-hydrogen) atoms. The molecular weight excluding hydrogens is 973 g/mol. The Morgan fingerprint density at radius 1 is 0.731 bits per heavy atom. The number of oxime groups is 1. The van der Waals surface area contributed by atoms with Gasteiger partial charge >= 0.3 is 6.09 Å². The molecule has 2 aliphatic carbocycles. The molecule has 1 heterocycles. The van der Waals surface area contributed by atoms with Gasteiger partial charge in [0.25, 0.3) is 0 Å². The number of hydrogen-bond donors (Lipinski definition) is 2. The molecule has 9 rings (SSSR count). The van der Waals surface area contributed by atoms with Gasteiger partial charge < -0.3 is 34.0 Å². The van der Waals surface area contributed by atoms with Gasteiger partial charge in [0.15, 0.2) is 0 Å². The highest BCUT2D eigenvalue weighted by molar-refractivity contribution is 6.03. The molecule has 0 bridgehead atoms. The lowest BCUT2D eigenvalue weighted by molar-refractivity contribution is -0.256. The lowest BCUT2D eigenvalue weighted by Crippen LogP contribution is -2.70. The van der Waals surface area contributed by atoms with E-state index in [1.165, 1.54) is 44.9 Å². The molecule has 0 radical (unpaired) electrons. The quantitative estimate of drug-likeness (QED) is 0.0260. The Morgan fingerprint density at radius 3 is 2.18 bits per heavy atom. The van der Waals surface area contributed by atoms with Crippen LogP contribution in [0.25, 0.3) is 21.5 Å². The summed E-state index contributed by atoms with van der Waals surface area (Å²) in [6, 6.07) is 44.4. The molecule has 3 aliphatic rings. The molecule has 0 spiro atoms. The summed E-state index contributed by atoms with van der Waals surface area (Å²) in [5, 5.41) is 29.8. The largest absolute Gasteiger partial charge is 0.459 e. The Labute approximate surface area is 463 Å². The first-order valence-electron chi connectivity index (χ1n) is 29.3. The van der Waals surface area contributed by atoms with E-state index in [0.717, 1.165) is 100 Å². The first-order chi connectivity index (χ1) is 38.4. The number of nitrogens with zero attached hydrogens (tertiary/aromatic N) is 2. The van der Waals surface area contributed by atoms with Crippen molar-refractivity contribution in [2.75, 3.05) is 26.4 Å². The number of aliphatic hydroxyl groups is 2. The van der Waals surface area contributed by atoms with Crippen LogP contribution in [-0.2, 0) is 27.5 Å². The summed E-state index contributed by atoms with van der Waals surface area (Å²) < 4.78 is 28.2. The molecular formula is C68H82N2O8. The predicted octanol–water partition coefficient (Wildman–Crippen LogP) is 16.2. The van der Waals surface area contributed by atoms with E-state index in [-0.39, 0.29) is 57.1 Å². The van der Waals surface area contributed by atoms with Crippen LogP contribution >= 0.6 is 0 Å². The van der Waals surface area contributed by atoms with Crippen molar-refractivity contribution in [1.82, 2.24) is 4.90 Å². The first-order valence-corrected chi connectivity index (χ1v) is 29.3. The number of benzene rings is 6. The molecule has 2 N–H and O–H groups in total. The van der Waals surface area contributed by atoms with E-state index in [9.17, 15) is 10.2 Å². The van der Waals surface area contributed by atoms with Crippen molar-refractivity contribution in [2.45, 2.75) is 147 Å². The Morgan fingerprint density at radius 2 is 1.41 bits per heavy atom. The van der Waals surface area contributed by atoms with Gasteiger partial charge in [-0.15, -0.1) is 6.58 Å². The molecule has 0 saturated heterocycles. The SMILES string of the molecule is C=CCO[C@@]12Oc3ccc(Oc4ccc5ccccc5c4)cc3[C@H]3[C@H](CCCCO)[C@@H](CCCCO)C=C(C(=NOCc4ccccc4)C[C@@H]1N(Cc1cccc4ccccc14)C(=O)OCCCCCCCCCCCC)[C@H]32. The van der Waals surface area contributed by atoms with Crippen molar-refractivity contribution in [2.24, 2.45) is 22.9 Å². The third-order valence-electron chi connectivity index (χ3n) is 16.4. The predicted molar refractivity (Wildman–Crippen MR) is 313 cm³/mol. The maximum Gasteiger partial charge on any atom is 0.410 e. The Hall–Kier alpha value is -6.46. The summed E-state index contributed by atoms with van der Waals surface area (Å²) in [7, 11) is 0. The van der Waals surface area contributed by atoms with Gasteiger partial charge in [-0.25, -0.2) is 4.79 Å². The van der Waals surface area contributed by atoms with Gasteiger partial charge in [-0.1, -0.05) is 198 Å². The van der Waals surface area contributed by atoms with Crippen LogP contribution in [-0.4, -0.2) is 65.2 Å². The number of rotatable bonds is 30. The highest BCUT2D eigenvalue weighted by Crippen LogP contribution is 2.62. The molecule has 6 atom stereocenters. The van der Waals surface area contributed by atoms with E-state index in [1.54, 1.807) is 6.08 Å². The molecule has 1 fully saturated rings. The standard InChI is InChI=1S/C68H82N2O8/c1-3-5-6-7-8-9-10-11-12-24-43-74-67(73)70(48-55-33-25-32-52-29-18-19-34-58(52)55)64-47-62(69-76-49-50-26-14-13-15-27-50)60-45-54(31-20-22-40-71)59(35-21-23-41-72)65-61-46-57(77-56-37-36-51-28-16-17-30-53(51)44-56)38-39-63(61)78-68(64,66(60)65)75-42-4-2/h4,13-19,25-30,32-34,36-39,44-46,54,59,64-66,71-72H,2-3,5-12,20-24,31,35,40-43,47-49H2,1H3/t54-,59+,64-,65+,66+,68+/m0/s1. The van der Waals surface area contributed by atoms with E-state index in [0.29, 0.717) is 30.9 Å². The second-order valence-corrected chi connectivity index (χ2v) is 21.7. The van der Waals surface area contributed by atoms with Gasteiger partial charge in [0.05, 0.1) is 31.4 Å². The minimum absolute atomic E-state index is 0.0364. The number of carbonyl (C=O) groups is 1. The van der Waals surface area contributed by atoms with Crippen LogP contribution in [0.1, 0.15) is 139 Å². The molecule has 1 saturated carbocycles. The zero-order valence-corrected chi connectivity index (χ0v) is 46.0. The van der Waals surface area contributed by atoms with Gasteiger partial charge in [-0.2, -0.15) is 0 Å². The highest BCUT2D eigenvalue weighted by Gasteiger charge is 2.66. The summed E-state index contributed by atoms with van der Waals surface area (Å²) in [6.45, 7) is 7.53. The Balaban J connectivity index is 1.17. The fourth-order valence-electron chi connectivity index (χ4n) is 12.6. The lowest BCUT2D eigenvalue weighted by Gasteiger charge is -2.60. The van der Waals surface area contributed by atoms with Gasteiger partial charge in [0, 0.05) is 31.1 Å². The fraction of sp³-hybridized carbons (Fsp3) is 0.441. The molecule has 0 aromatic heterocycles. The minimum atomic E-state index is -1.47. The van der Waals surface area contributed by atoms with Crippen LogP contribution in [0.15, 0.2) is 163 Å². The van der Waals surface area contributed by atoms with Crippen molar-refractivity contribution in [3.8, 4) is 17.2 Å². The zero-order chi connectivity index (χ0) is 53.9. The van der Waals surface area contributed by atoms with Crippen LogP contribution in [0, 0.1) is 17.8 Å². The number of aliphatic hydroxyl groups excluding tert-OH is 2. The minimum Gasteiger partial charge on any atom is -0.459 e. The summed E-state index contributed by atoms with van der Waals surface area (Å²) >= 11 is 0. The van der Waals surface area contributed by atoms with Crippen LogP contribution in [0.2, 0.25) is 0 Å². The third kappa shape index (κ3) is 13.7. The lowest BCUT2D eigenvalue weighted by atomic mass is 9.55. The van der Waals surface area contributed by atoms with Crippen molar-refractivity contribution in [3.05, 3.63) is 174 Å². The van der Waals surface area contributed by atoms with Crippen LogP contribution in [0.3, 0.4) is 0 Å². The maximum absolute atomic E-state index is 15.5. The molecule has 10 nitrogen and oxygen atoms in total. The molecule has 412 valence electrons. The average molecular weight is 1060 g/mol. The summed E-state index contributed by atoms with van der Waals surface area (Å²) in [6.07, 6.45) is 20.3. The normalized spacial score (nSPS) is 20.8. The van der Waals surface area contributed by atoms with Crippen molar-refractivity contribution in [1.29, 1.82) is 0 Å². The Bertz CT molecular complexity index is 2930. The maximum atomic E-state index is 15.5. The molecule has 1 amide bonds. The first kappa shape index (κ1) is 56.3. The van der Waals surface area contributed by atoms with Gasteiger partial charge in [0.1, 0.15) is 29.9 Å². The van der Waals surface area contributed by atoms with Crippen LogP contribution in [0.5, 0.6) is 17.2 Å². The van der Waals surface area contributed by atoms with Gasteiger partial charge in [-0.05, 0) is 113 Å². The number of fused-ring (bicyclic) bond motifs is 4. The molecule has 6 aromatic carbocycles. The number of ether oxygens (including phenoxy) is 4. The summed E-state index contributed by atoms with van der Waals surface area (Å²) in [5.74, 6) is -0.0519. The molecule has 6 aromatic rings. The number of amides is 1. The summed E-state index contributed by atoms with van der Waals surface area (Å²) in [4.78, 5) is 23.8. The van der Waals surface area contributed by atoms with Crippen molar-refractivity contribution >= 4 is 33.3 Å². The number of carbonyl (C=O) groups excluding carboxylic acids is 1. The average Bonchev–Trinajstić information content (AvgIpc) is 3.02. The van der Waals surface area contributed by atoms with E-state index in [1.807, 2.05) is 77.7 Å². The van der Waals surface area contributed by atoms with Crippen LogP contribution < -0.4 is 9.47 Å². The molecule has 10 heteroatoms. The monoisotopic (exact) mass is 1050 g/mol. The van der Waals surface area contributed by atoms with E-state index >= 15 is 4.79 Å². The third-order valence-corrected chi connectivity index (χ3v) is 16.4. The topological polar surface area (TPSA) is 119 Å². The van der Waals surface area contributed by atoms with Crippen molar-refractivity contribution in [3.63, 3.8) is 0 Å². The molecule has 1 aliphatic heterocycles. The van der Waals surface area contributed by atoms with Gasteiger partial charge in [-0.3, -0.25) is 4.90 Å². The number of unbranched alkanes of at least 4 members (excludes halogenated alkanes) is 11. The number of allylic oxidation sites excluding steroid dienone is 1. The fourth-order valence-corrected chi connectivity index (χ4v) is 12.6. The Kier molecular flexibility index (Phi) is 20.5. The second-order valence-electron chi connectivity index (χ2n) is 21.7. The van der Waals surface area contributed by atoms with E-state index in [2.05, 4.69) is 80.2 Å². The highest BCUT2D eigenvalue weighted by atomic mass is 16.7. The van der Waals surface area contributed by atoms with E-state index < -0.39 is 23.8 Å². The van der Waals surface area contributed by atoms with Crippen molar-refractivity contribution < 1.29 is 38.8 Å². The smallest absolute Gasteiger partial charge is 0.410 e. The second kappa shape index (κ2) is 28.4. The van der Waals surface area contributed by atoms with E-state index in [4.69, 9.17) is 28.9 Å². The van der Waals surface area contributed by atoms with Crippen LogP contribution in [0.4, 0.5) is 4.79 Å². The summed E-state index contributed by atoms with van der Waals surface area (Å²) in [5.41, 5.74) is 4.64. The molecule has 0 unspecified atom stereocenters. The van der Waals surface area contributed by atoms with Gasteiger partial charge in [0.2, 0.25) is 5.79 Å². The zero-order valence-electron chi connectivity index (χ0n) is 46.0. The number of hydrogen-bond acceptors (Lipinski definition) is 9.